The fourth-order valence-electron chi connectivity index (χ4n) is 2.50. The van der Waals surface area contributed by atoms with Crippen molar-refractivity contribution in [3.05, 3.63) is 59.7 Å². The van der Waals surface area contributed by atoms with Gasteiger partial charge in [0, 0.05) is 18.7 Å². The van der Waals surface area contributed by atoms with Crippen LogP contribution in [0.5, 0.6) is 5.75 Å². The summed E-state index contributed by atoms with van der Waals surface area (Å²) in [4.78, 5) is -0.361. The molecule has 3 rings (SSSR count). The van der Waals surface area contributed by atoms with Crippen LogP contribution in [0.1, 0.15) is 18.4 Å². The van der Waals surface area contributed by atoms with Crippen LogP contribution >= 0.6 is 0 Å². The van der Waals surface area contributed by atoms with Crippen molar-refractivity contribution in [2.75, 3.05) is 7.11 Å². The summed E-state index contributed by atoms with van der Waals surface area (Å²) in [6.45, 7) is 0.148. The van der Waals surface area contributed by atoms with Crippen LogP contribution in [0, 0.1) is 11.6 Å². The highest BCUT2D eigenvalue weighted by atomic mass is 32.2. The fourth-order valence-corrected chi connectivity index (χ4v) is 4.21. The minimum atomic E-state index is -3.97. The van der Waals surface area contributed by atoms with Crippen LogP contribution in [0.15, 0.2) is 47.4 Å². The third kappa shape index (κ3) is 3.57. The molecule has 1 saturated carbocycles. The van der Waals surface area contributed by atoms with Gasteiger partial charge in [0.2, 0.25) is 10.0 Å². The van der Waals surface area contributed by atoms with E-state index in [0.29, 0.717) is 11.8 Å². The molecule has 1 fully saturated rings. The van der Waals surface area contributed by atoms with Gasteiger partial charge in [-0.05, 0) is 42.7 Å². The van der Waals surface area contributed by atoms with Gasteiger partial charge in [-0.2, -0.15) is 4.31 Å². The quantitative estimate of drug-likeness (QED) is 0.800. The minimum absolute atomic E-state index is 0.136. The number of ether oxygens (including phenoxy) is 1. The Morgan fingerprint density at radius 2 is 1.67 bits per heavy atom. The average Bonchev–Trinajstić information content (AvgIpc) is 3.36. The number of methoxy groups -OCH3 is 1. The lowest BCUT2D eigenvalue weighted by Crippen LogP contribution is -2.32. The van der Waals surface area contributed by atoms with Gasteiger partial charge >= 0.3 is 0 Å². The first-order chi connectivity index (χ1) is 11.4. The zero-order valence-corrected chi connectivity index (χ0v) is 13.9. The molecule has 0 unspecified atom stereocenters. The van der Waals surface area contributed by atoms with Gasteiger partial charge < -0.3 is 4.74 Å². The molecule has 0 bridgehead atoms. The normalized spacial score (nSPS) is 14.8. The van der Waals surface area contributed by atoms with Crippen molar-refractivity contribution in [2.45, 2.75) is 30.3 Å². The monoisotopic (exact) mass is 353 g/mol. The number of benzene rings is 2. The minimum Gasteiger partial charge on any atom is -0.497 e. The Balaban J connectivity index is 1.91. The molecule has 0 aliphatic heterocycles. The van der Waals surface area contributed by atoms with Gasteiger partial charge in [-0.3, -0.25) is 0 Å². The third-order valence-electron chi connectivity index (χ3n) is 3.89. The fraction of sp³-hybridized carbons (Fsp3) is 0.294. The van der Waals surface area contributed by atoms with E-state index in [1.165, 1.54) is 4.31 Å². The highest BCUT2D eigenvalue weighted by Crippen LogP contribution is 2.34. The number of hydrogen-bond acceptors (Lipinski definition) is 3. The van der Waals surface area contributed by atoms with Gasteiger partial charge in [-0.25, -0.2) is 17.2 Å². The van der Waals surface area contributed by atoms with Crippen molar-refractivity contribution in [3.63, 3.8) is 0 Å². The van der Waals surface area contributed by atoms with Crippen LogP contribution in [0.4, 0.5) is 8.78 Å². The van der Waals surface area contributed by atoms with Gasteiger partial charge in [0.25, 0.3) is 0 Å². The maximum atomic E-state index is 13.4. The first kappa shape index (κ1) is 16.9. The molecule has 0 N–H and O–H groups in total. The van der Waals surface area contributed by atoms with Crippen molar-refractivity contribution in [1.82, 2.24) is 4.31 Å². The summed E-state index contributed by atoms with van der Waals surface area (Å²) in [5.74, 6) is -1.14. The van der Waals surface area contributed by atoms with Crippen molar-refractivity contribution in [2.24, 2.45) is 0 Å². The number of sulfonamides is 1. The van der Waals surface area contributed by atoms with E-state index in [-0.39, 0.29) is 17.5 Å². The molecule has 0 spiro atoms. The van der Waals surface area contributed by atoms with Crippen LogP contribution in [0.2, 0.25) is 0 Å². The van der Waals surface area contributed by atoms with Crippen LogP contribution in [0.3, 0.4) is 0 Å². The first-order valence-electron chi connectivity index (χ1n) is 7.51. The Hall–Kier alpha value is -1.99. The summed E-state index contributed by atoms with van der Waals surface area (Å²) >= 11 is 0. The van der Waals surface area contributed by atoms with Crippen LogP contribution < -0.4 is 4.74 Å². The zero-order valence-electron chi connectivity index (χ0n) is 13.1. The van der Waals surface area contributed by atoms with E-state index in [2.05, 4.69) is 0 Å². The number of rotatable bonds is 6. The van der Waals surface area contributed by atoms with Crippen molar-refractivity contribution in [1.29, 1.82) is 0 Å². The summed E-state index contributed by atoms with van der Waals surface area (Å²) in [6.07, 6.45) is 1.49. The van der Waals surface area contributed by atoms with Crippen LogP contribution in [0.25, 0.3) is 0 Å². The number of halogens is 2. The van der Waals surface area contributed by atoms with E-state index < -0.39 is 21.7 Å². The first-order valence-corrected chi connectivity index (χ1v) is 8.95. The van der Waals surface area contributed by atoms with Crippen LogP contribution in [-0.2, 0) is 16.6 Å². The molecular formula is C17H17F2NO3S. The Bertz CT molecular complexity index is 813. The zero-order chi connectivity index (χ0) is 17.3. The number of nitrogens with zero attached hydrogens (tertiary/aromatic N) is 1. The lowest BCUT2D eigenvalue weighted by Gasteiger charge is -2.22. The third-order valence-corrected chi connectivity index (χ3v) is 5.77. The lowest BCUT2D eigenvalue weighted by molar-refractivity contribution is 0.396. The summed E-state index contributed by atoms with van der Waals surface area (Å²) in [7, 11) is -2.42. The van der Waals surface area contributed by atoms with E-state index in [1.807, 2.05) is 0 Å². The van der Waals surface area contributed by atoms with Gasteiger partial charge in [0.1, 0.15) is 17.4 Å². The van der Waals surface area contributed by atoms with Gasteiger partial charge in [0.15, 0.2) is 0 Å². The van der Waals surface area contributed by atoms with E-state index in [9.17, 15) is 17.2 Å². The van der Waals surface area contributed by atoms with E-state index in [1.54, 1.807) is 31.4 Å². The molecule has 1 aliphatic carbocycles. The highest BCUT2D eigenvalue weighted by Gasteiger charge is 2.38. The van der Waals surface area contributed by atoms with Gasteiger partial charge in [0.05, 0.1) is 12.0 Å². The Morgan fingerprint density at radius 3 is 2.17 bits per heavy atom. The molecule has 0 amide bonds. The summed E-state index contributed by atoms with van der Waals surface area (Å²) in [5, 5.41) is 0. The molecule has 0 heterocycles. The number of hydrogen-bond donors (Lipinski definition) is 0. The standard InChI is InChI=1S/C17H17F2NO3S/c1-23-16-6-2-12(3-7-16)11-20(15-4-5-15)24(21,22)17-9-13(18)8-14(19)10-17/h2-3,6-10,15H,4-5,11H2,1H3. The molecule has 24 heavy (non-hydrogen) atoms. The predicted octanol–water partition coefficient (Wildman–Crippen LogP) is 3.33. The molecule has 0 aromatic heterocycles. The highest BCUT2D eigenvalue weighted by molar-refractivity contribution is 7.89. The van der Waals surface area contributed by atoms with E-state index >= 15 is 0 Å². The van der Waals surface area contributed by atoms with Gasteiger partial charge in [-0.15, -0.1) is 0 Å². The second-order valence-electron chi connectivity index (χ2n) is 5.73. The molecule has 0 atom stereocenters. The van der Waals surface area contributed by atoms with E-state index in [0.717, 1.165) is 30.5 Å². The lowest BCUT2D eigenvalue weighted by atomic mass is 10.2. The smallest absolute Gasteiger partial charge is 0.243 e. The summed E-state index contributed by atoms with van der Waals surface area (Å²) in [5.41, 5.74) is 0.781. The maximum Gasteiger partial charge on any atom is 0.243 e. The molecular weight excluding hydrogens is 336 g/mol. The molecule has 4 nitrogen and oxygen atoms in total. The van der Waals surface area contributed by atoms with E-state index in [4.69, 9.17) is 4.74 Å². The molecule has 1 aliphatic rings. The Kier molecular flexibility index (Phi) is 4.56. The largest absolute Gasteiger partial charge is 0.497 e. The second kappa shape index (κ2) is 6.49. The van der Waals surface area contributed by atoms with Crippen molar-refractivity contribution in [3.8, 4) is 5.75 Å². The maximum absolute atomic E-state index is 13.4. The molecule has 128 valence electrons. The van der Waals surface area contributed by atoms with Gasteiger partial charge in [-0.1, -0.05) is 12.1 Å². The van der Waals surface area contributed by atoms with Crippen molar-refractivity contribution >= 4 is 10.0 Å². The SMILES string of the molecule is COc1ccc(CN(C2CC2)S(=O)(=O)c2cc(F)cc(F)c2)cc1. The predicted molar refractivity (Wildman–Crippen MR) is 85.1 cm³/mol. The van der Waals surface area contributed by atoms with Crippen molar-refractivity contribution < 1.29 is 21.9 Å². The molecule has 0 radical (unpaired) electrons. The Morgan fingerprint density at radius 1 is 1.08 bits per heavy atom. The second-order valence-corrected chi connectivity index (χ2v) is 7.63. The molecule has 2 aromatic rings. The topological polar surface area (TPSA) is 46.6 Å². The van der Waals surface area contributed by atoms with Crippen LogP contribution in [-0.4, -0.2) is 25.9 Å². The molecule has 0 saturated heterocycles. The molecule has 7 heteroatoms. The Labute approximate surface area is 139 Å². The summed E-state index contributed by atoms with van der Waals surface area (Å²) in [6, 6.07) is 9.26. The summed E-state index contributed by atoms with van der Waals surface area (Å²) < 4.78 is 58.8. The molecule has 2 aromatic carbocycles. The average molecular weight is 353 g/mol.